The number of nitrogens with zero attached hydrogens (tertiary/aromatic N) is 1. The van der Waals surface area contributed by atoms with Crippen LogP contribution in [0.4, 0.5) is 8.78 Å². The number of ether oxygens (including phenoxy) is 2. The van der Waals surface area contributed by atoms with E-state index < -0.39 is 36.6 Å². The SMILES string of the molecule is CC(C)(C(=O)O)C(=O)N(O)Cc1cc2c(cc1Cl)OC(F)(F)CO2. The van der Waals surface area contributed by atoms with Gasteiger partial charge in [-0.1, -0.05) is 11.6 Å². The van der Waals surface area contributed by atoms with E-state index in [0.29, 0.717) is 0 Å². The molecule has 1 heterocycles. The molecule has 0 aromatic heterocycles. The molecule has 1 amide bonds. The Balaban J connectivity index is 2.22. The van der Waals surface area contributed by atoms with Crippen LogP contribution < -0.4 is 9.47 Å². The van der Waals surface area contributed by atoms with Gasteiger partial charge in [0.25, 0.3) is 5.91 Å². The lowest BCUT2D eigenvalue weighted by Gasteiger charge is -2.27. The van der Waals surface area contributed by atoms with Crippen molar-refractivity contribution in [2.45, 2.75) is 26.5 Å². The topological polar surface area (TPSA) is 96.3 Å². The number of carboxylic acids is 1. The fourth-order valence-corrected chi connectivity index (χ4v) is 2.10. The highest BCUT2D eigenvalue weighted by atomic mass is 35.5. The van der Waals surface area contributed by atoms with E-state index in [1.54, 1.807) is 0 Å². The Hall–Kier alpha value is -2.13. The smallest absolute Gasteiger partial charge is 0.433 e. The van der Waals surface area contributed by atoms with Crippen molar-refractivity contribution in [3.8, 4) is 11.5 Å². The molecule has 0 spiro atoms. The second kappa shape index (κ2) is 6.06. The zero-order chi connectivity index (χ0) is 18.3. The molecule has 1 aromatic rings. The van der Waals surface area contributed by atoms with Gasteiger partial charge in [0.15, 0.2) is 18.1 Å². The van der Waals surface area contributed by atoms with Crippen molar-refractivity contribution in [2.24, 2.45) is 5.41 Å². The lowest BCUT2D eigenvalue weighted by atomic mass is 9.92. The summed E-state index contributed by atoms with van der Waals surface area (Å²) in [6.07, 6.45) is -3.48. The number of alkyl halides is 2. The average Bonchev–Trinajstić information content (AvgIpc) is 2.46. The van der Waals surface area contributed by atoms with Crippen LogP contribution in [-0.2, 0) is 16.1 Å². The number of carboxylic acid groups (broad SMARTS) is 1. The summed E-state index contributed by atoms with van der Waals surface area (Å²) in [5.74, 6) is -2.78. The predicted molar refractivity (Wildman–Crippen MR) is 76.3 cm³/mol. The summed E-state index contributed by atoms with van der Waals surface area (Å²) in [6.45, 7) is 0.819. The van der Waals surface area contributed by atoms with Crippen molar-refractivity contribution in [3.63, 3.8) is 0 Å². The number of hydroxylamine groups is 2. The molecule has 1 aliphatic rings. The van der Waals surface area contributed by atoms with Crippen molar-refractivity contribution >= 4 is 23.5 Å². The number of hydrogen-bond acceptors (Lipinski definition) is 5. The van der Waals surface area contributed by atoms with E-state index in [-0.39, 0.29) is 27.1 Å². The maximum atomic E-state index is 13.1. The molecule has 2 N–H and O–H groups in total. The summed E-state index contributed by atoms with van der Waals surface area (Å²) < 4.78 is 35.5. The number of carbonyl (C=O) groups is 2. The summed E-state index contributed by atoms with van der Waals surface area (Å²) in [7, 11) is 0. The van der Waals surface area contributed by atoms with Gasteiger partial charge >= 0.3 is 12.1 Å². The molecule has 0 aliphatic carbocycles. The number of amides is 1. The molecule has 7 nitrogen and oxygen atoms in total. The Bertz CT molecular complexity index is 694. The van der Waals surface area contributed by atoms with Gasteiger partial charge in [-0.25, -0.2) is 5.06 Å². The Morgan fingerprint density at radius 3 is 2.58 bits per heavy atom. The Labute approximate surface area is 140 Å². The standard InChI is InChI=1S/C14H14ClF2NO6/c1-13(2,12(20)21)11(19)18(22)5-7-3-9-10(4-8(7)15)24-14(16,17)6-23-9/h3-4,22H,5-6H2,1-2H3,(H,20,21). The van der Waals surface area contributed by atoms with Crippen molar-refractivity contribution < 1.29 is 38.2 Å². The third-order valence-electron chi connectivity index (χ3n) is 3.39. The van der Waals surface area contributed by atoms with Gasteiger partial charge in [-0.15, -0.1) is 0 Å². The van der Waals surface area contributed by atoms with E-state index in [9.17, 15) is 23.6 Å². The second-order valence-electron chi connectivity index (χ2n) is 5.71. The molecule has 0 fully saturated rings. The number of aliphatic carboxylic acids is 1. The quantitative estimate of drug-likeness (QED) is 0.483. The Morgan fingerprint density at radius 2 is 2.00 bits per heavy atom. The Morgan fingerprint density at radius 1 is 1.38 bits per heavy atom. The molecule has 2 rings (SSSR count). The van der Waals surface area contributed by atoms with Crippen LogP contribution in [0, 0.1) is 5.41 Å². The van der Waals surface area contributed by atoms with E-state index in [4.69, 9.17) is 21.4 Å². The van der Waals surface area contributed by atoms with Gasteiger partial charge in [-0.3, -0.25) is 14.8 Å². The summed E-state index contributed by atoms with van der Waals surface area (Å²) in [5, 5.41) is 19.0. The van der Waals surface area contributed by atoms with Crippen LogP contribution in [0.5, 0.6) is 11.5 Å². The maximum absolute atomic E-state index is 13.1. The molecule has 132 valence electrons. The minimum atomic E-state index is -3.48. The first-order chi connectivity index (χ1) is 10.9. The summed E-state index contributed by atoms with van der Waals surface area (Å²) >= 11 is 5.93. The van der Waals surface area contributed by atoms with E-state index >= 15 is 0 Å². The van der Waals surface area contributed by atoms with Gasteiger partial charge < -0.3 is 14.6 Å². The predicted octanol–water partition coefficient (Wildman–Crippen LogP) is 2.53. The van der Waals surface area contributed by atoms with Crippen molar-refractivity contribution in [1.82, 2.24) is 5.06 Å². The van der Waals surface area contributed by atoms with Gasteiger partial charge in [0, 0.05) is 11.1 Å². The minimum absolute atomic E-state index is 0.0290. The van der Waals surface area contributed by atoms with Crippen LogP contribution in [-0.4, -0.2) is 40.0 Å². The molecular formula is C14H14ClF2NO6. The molecule has 0 unspecified atom stereocenters. The maximum Gasteiger partial charge on any atom is 0.433 e. The lowest BCUT2D eigenvalue weighted by Crippen LogP contribution is -2.43. The van der Waals surface area contributed by atoms with Crippen LogP contribution in [0.1, 0.15) is 19.4 Å². The molecule has 1 aliphatic heterocycles. The molecular weight excluding hydrogens is 352 g/mol. The van der Waals surface area contributed by atoms with Gasteiger partial charge in [0.2, 0.25) is 0 Å². The van der Waals surface area contributed by atoms with Crippen molar-refractivity contribution in [3.05, 3.63) is 22.7 Å². The van der Waals surface area contributed by atoms with Gasteiger partial charge in [-0.05, 0) is 25.5 Å². The molecule has 0 saturated carbocycles. The van der Waals surface area contributed by atoms with Crippen LogP contribution in [0.15, 0.2) is 12.1 Å². The molecule has 0 bridgehead atoms. The third kappa shape index (κ3) is 3.51. The molecule has 0 atom stereocenters. The largest absolute Gasteiger partial charge is 0.480 e. The summed E-state index contributed by atoms with van der Waals surface area (Å²) in [6, 6.07) is 2.30. The first kappa shape index (κ1) is 18.2. The van der Waals surface area contributed by atoms with Crippen molar-refractivity contribution in [1.29, 1.82) is 0 Å². The first-order valence-electron chi connectivity index (χ1n) is 6.70. The van der Waals surface area contributed by atoms with Crippen LogP contribution in [0.25, 0.3) is 0 Å². The number of fused-ring (bicyclic) bond motifs is 1. The number of benzene rings is 1. The van der Waals surface area contributed by atoms with Gasteiger partial charge in [0.1, 0.15) is 5.41 Å². The highest BCUT2D eigenvalue weighted by Crippen LogP contribution is 2.40. The van der Waals surface area contributed by atoms with Gasteiger partial charge in [0.05, 0.1) is 6.54 Å². The number of halogens is 3. The van der Waals surface area contributed by atoms with Crippen LogP contribution >= 0.6 is 11.6 Å². The number of hydrogen-bond donors (Lipinski definition) is 2. The minimum Gasteiger partial charge on any atom is -0.480 e. The number of carbonyl (C=O) groups excluding carboxylic acids is 1. The lowest BCUT2D eigenvalue weighted by molar-refractivity contribution is -0.208. The highest BCUT2D eigenvalue weighted by Gasteiger charge is 2.40. The fraction of sp³-hybridized carbons (Fsp3) is 0.429. The van der Waals surface area contributed by atoms with E-state index in [0.717, 1.165) is 19.9 Å². The zero-order valence-corrected chi connectivity index (χ0v) is 13.4. The monoisotopic (exact) mass is 365 g/mol. The molecule has 24 heavy (non-hydrogen) atoms. The average molecular weight is 366 g/mol. The molecule has 10 heteroatoms. The normalized spacial score (nSPS) is 15.8. The zero-order valence-electron chi connectivity index (χ0n) is 12.7. The molecule has 0 saturated heterocycles. The fourth-order valence-electron chi connectivity index (χ4n) is 1.89. The highest BCUT2D eigenvalue weighted by molar-refractivity contribution is 6.31. The third-order valence-corrected chi connectivity index (χ3v) is 3.74. The summed E-state index contributed by atoms with van der Waals surface area (Å²) in [4.78, 5) is 23.0. The second-order valence-corrected chi connectivity index (χ2v) is 6.12. The number of rotatable bonds is 4. The van der Waals surface area contributed by atoms with E-state index in [1.165, 1.54) is 6.07 Å². The van der Waals surface area contributed by atoms with Crippen LogP contribution in [0.3, 0.4) is 0 Å². The van der Waals surface area contributed by atoms with Crippen molar-refractivity contribution in [2.75, 3.05) is 6.61 Å². The van der Waals surface area contributed by atoms with Gasteiger partial charge in [-0.2, -0.15) is 8.78 Å². The first-order valence-corrected chi connectivity index (χ1v) is 7.08. The summed E-state index contributed by atoms with van der Waals surface area (Å²) in [5.41, 5.74) is -1.68. The van der Waals surface area contributed by atoms with E-state index in [2.05, 4.69) is 4.74 Å². The molecule has 1 aromatic carbocycles. The van der Waals surface area contributed by atoms with Crippen LogP contribution in [0.2, 0.25) is 5.02 Å². The Kier molecular flexibility index (Phi) is 4.60. The molecule has 0 radical (unpaired) electrons. The van der Waals surface area contributed by atoms with E-state index in [1.807, 2.05) is 0 Å².